The van der Waals surface area contributed by atoms with Crippen LogP contribution in [-0.2, 0) is 20.1 Å². The molecule has 136 valence electrons. The van der Waals surface area contributed by atoms with Gasteiger partial charge in [-0.05, 0) is 31.9 Å². The van der Waals surface area contributed by atoms with Crippen LogP contribution in [0.4, 0.5) is 0 Å². The van der Waals surface area contributed by atoms with Crippen molar-refractivity contribution in [2.24, 2.45) is 12.8 Å². The Balaban J connectivity index is 1.79. The zero-order valence-corrected chi connectivity index (χ0v) is 14.9. The van der Waals surface area contributed by atoms with Crippen LogP contribution in [0.5, 0.6) is 0 Å². The fraction of sp³-hybridized carbons (Fsp3) is 0.444. The van der Waals surface area contributed by atoms with Crippen molar-refractivity contribution in [2.75, 3.05) is 0 Å². The van der Waals surface area contributed by atoms with Crippen molar-refractivity contribution in [3.05, 3.63) is 56.8 Å². The third-order valence-corrected chi connectivity index (χ3v) is 5.27. The number of aromatic nitrogens is 5. The van der Waals surface area contributed by atoms with E-state index in [0.717, 1.165) is 18.7 Å². The number of fused-ring (bicyclic) bond motifs is 1. The summed E-state index contributed by atoms with van der Waals surface area (Å²) in [5.74, 6) is 1.83. The summed E-state index contributed by atoms with van der Waals surface area (Å²) in [4.78, 5) is 25.5. The minimum atomic E-state index is -0.355. The van der Waals surface area contributed by atoms with E-state index in [1.54, 1.807) is 25.2 Å². The summed E-state index contributed by atoms with van der Waals surface area (Å²) >= 11 is 0. The van der Waals surface area contributed by atoms with Gasteiger partial charge in [-0.1, -0.05) is 12.1 Å². The van der Waals surface area contributed by atoms with Crippen molar-refractivity contribution in [1.82, 2.24) is 23.9 Å². The predicted molar refractivity (Wildman–Crippen MR) is 98.2 cm³/mol. The highest BCUT2D eigenvalue weighted by Gasteiger charge is 2.32. The smallest absolute Gasteiger partial charge is 0.328 e. The highest BCUT2D eigenvalue weighted by atomic mass is 16.2. The Bertz CT molecular complexity index is 1090. The minimum absolute atomic E-state index is 0.107. The van der Waals surface area contributed by atoms with E-state index in [-0.39, 0.29) is 23.8 Å². The molecule has 0 bridgehead atoms. The molecule has 0 unspecified atom stereocenters. The van der Waals surface area contributed by atoms with E-state index in [1.165, 1.54) is 9.13 Å². The first-order chi connectivity index (χ1) is 12.5. The summed E-state index contributed by atoms with van der Waals surface area (Å²) in [5.41, 5.74) is 5.86. The number of benzene rings is 1. The average molecular weight is 354 g/mol. The van der Waals surface area contributed by atoms with Gasteiger partial charge in [-0.3, -0.25) is 13.9 Å². The van der Waals surface area contributed by atoms with E-state index in [0.29, 0.717) is 29.2 Å². The summed E-state index contributed by atoms with van der Waals surface area (Å²) in [6.45, 7) is 2.80. The summed E-state index contributed by atoms with van der Waals surface area (Å²) in [6.07, 6.45) is 1.80. The van der Waals surface area contributed by atoms with Gasteiger partial charge in [0, 0.05) is 25.6 Å². The van der Waals surface area contributed by atoms with Crippen molar-refractivity contribution in [1.29, 1.82) is 0 Å². The molecule has 8 nitrogen and oxygen atoms in total. The quantitative estimate of drug-likeness (QED) is 0.738. The van der Waals surface area contributed by atoms with Crippen molar-refractivity contribution < 1.29 is 0 Å². The molecule has 8 heteroatoms. The lowest BCUT2D eigenvalue weighted by Crippen LogP contribution is -2.40. The lowest BCUT2D eigenvalue weighted by atomic mass is 9.80. The van der Waals surface area contributed by atoms with E-state index in [9.17, 15) is 9.59 Å². The number of aryl methyl sites for hydroxylation is 1. The van der Waals surface area contributed by atoms with Gasteiger partial charge in [-0.25, -0.2) is 4.79 Å². The third kappa shape index (κ3) is 2.48. The van der Waals surface area contributed by atoms with Crippen LogP contribution in [0.1, 0.15) is 37.3 Å². The van der Waals surface area contributed by atoms with Gasteiger partial charge in [0.05, 0.1) is 17.4 Å². The normalized spacial score (nSPS) is 19.7. The van der Waals surface area contributed by atoms with Crippen LogP contribution in [-0.4, -0.2) is 29.9 Å². The second kappa shape index (κ2) is 6.21. The topological polar surface area (TPSA) is 101 Å². The molecule has 0 spiro atoms. The number of rotatable bonds is 4. The molecule has 1 fully saturated rings. The van der Waals surface area contributed by atoms with E-state index in [2.05, 4.69) is 10.2 Å². The standard InChI is InChI=1S/C18H22N6O2/c1-3-23-15(20-21-16(23)11-8-12(19)9-11)10-24-17(25)13-6-4-5-7-14(13)22(2)18(24)26/h4-7,11-12H,3,8-10,19H2,1-2H3. The lowest BCUT2D eigenvalue weighted by molar-refractivity contribution is 0.328. The molecule has 26 heavy (non-hydrogen) atoms. The van der Waals surface area contributed by atoms with Gasteiger partial charge in [-0.15, -0.1) is 10.2 Å². The average Bonchev–Trinajstić information content (AvgIpc) is 3.02. The number of nitrogens with two attached hydrogens (primary N) is 1. The Labute approximate surface area is 149 Å². The molecule has 2 aromatic heterocycles. The van der Waals surface area contributed by atoms with E-state index in [1.807, 2.05) is 17.6 Å². The molecule has 0 radical (unpaired) electrons. The van der Waals surface area contributed by atoms with Gasteiger partial charge in [0.1, 0.15) is 5.82 Å². The first kappa shape index (κ1) is 16.7. The number of para-hydroxylation sites is 1. The van der Waals surface area contributed by atoms with Gasteiger partial charge < -0.3 is 10.3 Å². The Morgan fingerprint density at radius 2 is 1.88 bits per heavy atom. The zero-order chi connectivity index (χ0) is 18.4. The Morgan fingerprint density at radius 3 is 2.58 bits per heavy atom. The van der Waals surface area contributed by atoms with Gasteiger partial charge in [-0.2, -0.15) is 0 Å². The van der Waals surface area contributed by atoms with Crippen LogP contribution < -0.4 is 17.0 Å². The molecule has 1 aliphatic rings. The first-order valence-corrected chi connectivity index (χ1v) is 8.87. The van der Waals surface area contributed by atoms with E-state index in [4.69, 9.17) is 5.73 Å². The SMILES string of the molecule is CCn1c(Cn2c(=O)c3ccccc3n(C)c2=O)nnc1C1CC(N)C1. The van der Waals surface area contributed by atoms with Crippen LogP contribution in [0.3, 0.4) is 0 Å². The fourth-order valence-corrected chi connectivity index (χ4v) is 3.73. The maximum atomic E-state index is 12.8. The van der Waals surface area contributed by atoms with Crippen molar-refractivity contribution in [3.63, 3.8) is 0 Å². The Hall–Kier alpha value is -2.74. The molecule has 0 aliphatic heterocycles. The largest absolute Gasteiger partial charge is 0.331 e. The minimum Gasteiger partial charge on any atom is -0.328 e. The molecule has 1 aliphatic carbocycles. The molecular formula is C18H22N6O2. The summed E-state index contributed by atoms with van der Waals surface area (Å²) < 4.78 is 4.72. The van der Waals surface area contributed by atoms with Gasteiger partial charge in [0.15, 0.2) is 5.82 Å². The molecule has 3 aromatic rings. The number of nitrogens with zero attached hydrogens (tertiary/aromatic N) is 5. The third-order valence-electron chi connectivity index (χ3n) is 5.27. The lowest BCUT2D eigenvalue weighted by Gasteiger charge is -2.31. The first-order valence-electron chi connectivity index (χ1n) is 8.87. The van der Waals surface area contributed by atoms with Gasteiger partial charge >= 0.3 is 5.69 Å². The van der Waals surface area contributed by atoms with Crippen molar-refractivity contribution in [3.8, 4) is 0 Å². The number of hydrogen-bond acceptors (Lipinski definition) is 5. The predicted octanol–water partition coefficient (Wildman–Crippen LogP) is 0.565. The van der Waals surface area contributed by atoms with Crippen LogP contribution in [0.25, 0.3) is 10.9 Å². The fourth-order valence-electron chi connectivity index (χ4n) is 3.73. The zero-order valence-electron chi connectivity index (χ0n) is 14.9. The van der Waals surface area contributed by atoms with Crippen molar-refractivity contribution >= 4 is 10.9 Å². The van der Waals surface area contributed by atoms with Crippen LogP contribution in [0, 0.1) is 0 Å². The maximum absolute atomic E-state index is 12.8. The summed E-state index contributed by atoms with van der Waals surface area (Å²) in [5, 5.41) is 9.10. The molecule has 1 aromatic carbocycles. The number of hydrogen-bond donors (Lipinski definition) is 1. The van der Waals surface area contributed by atoms with E-state index < -0.39 is 0 Å². The van der Waals surface area contributed by atoms with Gasteiger partial charge in [0.2, 0.25) is 0 Å². The maximum Gasteiger partial charge on any atom is 0.331 e. The summed E-state index contributed by atoms with van der Waals surface area (Å²) in [7, 11) is 1.67. The molecular weight excluding hydrogens is 332 g/mol. The molecule has 0 saturated heterocycles. The second-order valence-electron chi connectivity index (χ2n) is 6.90. The molecule has 2 N–H and O–H groups in total. The van der Waals surface area contributed by atoms with Crippen LogP contribution in [0.2, 0.25) is 0 Å². The van der Waals surface area contributed by atoms with Crippen LogP contribution in [0.15, 0.2) is 33.9 Å². The van der Waals surface area contributed by atoms with Crippen molar-refractivity contribution in [2.45, 2.75) is 44.8 Å². The van der Waals surface area contributed by atoms with Gasteiger partial charge in [0.25, 0.3) is 5.56 Å². The molecule has 0 atom stereocenters. The molecule has 4 rings (SSSR count). The second-order valence-corrected chi connectivity index (χ2v) is 6.90. The highest BCUT2D eigenvalue weighted by molar-refractivity contribution is 5.77. The highest BCUT2D eigenvalue weighted by Crippen LogP contribution is 2.34. The molecule has 1 saturated carbocycles. The molecule has 0 amide bonds. The Morgan fingerprint density at radius 1 is 1.15 bits per heavy atom. The summed E-state index contributed by atoms with van der Waals surface area (Å²) in [6, 6.07) is 7.34. The van der Waals surface area contributed by atoms with Crippen LogP contribution >= 0.6 is 0 Å². The Kier molecular flexibility index (Phi) is 3.99. The molecule has 2 heterocycles. The monoisotopic (exact) mass is 354 g/mol. The van der Waals surface area contributed by atoms with E-state index >= 15 is 0 Å².